The van der Waals surface area contributed by atoms with Crippen molar-refractivity contribution in [3.05, 3.63) is 72.6 Å². The minimum Gasteiger partial charge on any atom is -0.398 e. The Morgan fingerprint density at radius 3 is 2.44 bits per heavy atom. The number of rotatable bonds is 10. The molecule has 0 saturated heterocycles. The molecule has 3 rings (SSSR count). The van der Waals surface area contributed by atoms with Crippen molar-refractivity contribution >= 4 is 48.8 Å². The first-order chi connectivity index (χ1) is 16.3. The maximum Gasteiger partial charge on any atom is 0.147 e. The summed E-state index contributed by atoms with van der Waals surface area (Å²) in [4.78, 5) is 6.25. The summed E-state index contributed by atoms with van der Waals surface area (Å²) in [7, 11) is 1.63. The van der Waals surface area contributed by atoms with E-state index in [9.17, 15) is 0 Å². The molecule has 0 fully saturated rings. The highest BCUT2D eigenvalue weighted by Crippen LogP contribution is 2.40. The van der Waals surface area contributed by atoms with E-state index < -0.39 is 0 Å². The Hall–Kier alpha value is -3.01. The predicted octanol–water partition coefficient (Wildman–Crippen LogP) is 6.55. The molecular weight excluding hydrogens is 442 g/mol. The molecule has 0 heterocycles. The summed E-state index contributed by atoms with van der Waals surface area (Å²) in [6, 6.07) is 17.4. The second-order valence-corrected chi connectivity index (χ2v) is 10.7. The average Bonchev–Trinajstić information content (AvgIpc) is 2.84. The van der Waals surface area contributed by atoms with Crippen LogP contribution in [0.3, 0.4) is 0 Å². The lowest BCUT2D eigenvalue weighted by Gasteiger charge is -2.32. The fourth-order valence-electron chi connectivity index (χ4n) is 4.13. The van der Waals surface area contributed by atoms with Crippen LogP contribution in [0.4, 0.5) is 27.1 Å². The van der Waals surface area contributed by atoms with Crippen molar-refractivity contribution in [3.8, 4) is 11.1 Å². The van der Waals surface area contributed by atoms with Gasteiger partial charge in [0.15, 0.2) is 0 Å². The third kappa shape index (κ3) is 5.38. The molecule has 4 nitrogen and oxygen atoms in total. The van der Waals surface area contributed by atoms with Crippen molar-refractivity contribution in [1.82, 2.24) is 5.32 Å². The molecule has 0 saturated carbocycles. The summed E-state index contributed by atoms with van der Waals surface area (Å²) in [5, 5.41) is 4.52. The predicted molar refractivity (Wildman–Crippen MR) is 151 cm³/mol. The molecule has 3 aromatic rings. The molecule has 178 valence electrons. The van der Waals surface area contributed by atoms with Gasteiger partial charge in [0.05, 0.1) is 17.1 Å². The van der Waals surface area contributed by atoms with Crippen LogP contribution >= 0.6 is 7.92 Å². The van der Waals surface area contributed by atoms with Gasteiger partial charge in [0, 0.05) is 23.8 Å². The van der Waals surface area contributed by atoms with Crippen molar-refractivity contribution < 1.29 is 4.39 Å². The molecule has 0 bridgehead atoms. The van der Waals surface area contributed by atoms with Gasteiger partial charge >= 0.3 is 0 Å². The van der Waals surface area contributed by atoms with E-state index >= 15 is 4.39 Å². The smallest absolute Gasteiger partial charge is 0.147 e. The summed E-state index contributed by atoms with van der Waals surface area (Å²) in [6.45, 7) is 14.7. The molecule has 0 aliphatic carbocycles. The molecule has 34 heavy (non-hydrogen) atoms. The van der Waals surface area contributed by atoms with Crippen LogP contribution < -0.4 is 21.3 Å². The molecule has 0 amide bonds. The van der Waals surface area contributed by atoms with Crippen LogP contribution in [0, 0.1) is 5.82 Å². The second-order valence-electron chi connectivity index (χ2n) is 8.42. The molecule has 0 aliphatic heterocycles. The lowest BCUT2D eigenvalue weighted by molar-refractivity contribution is 0.544. The zero-order valence-corrected chi connectivity index (χ0v) is 21.4. The van der Waals surface area contributed by atoms with Gasteiger partial charge in [-0.15, -0.1) is 0 Å². The molecule has 1 unspecified atom stereocenters. The van der Waals surface area contributed by atoms with Crippen LogP contribution in [-0.2, 0) is 0 Å². The fourth-order valence-corrected chi connectivity index (χ4v) is 5.08. The van der Waals surface area contributed by atoms with Crippen molar-refractivity contribution in [2.75, 3.05) is 37.6 Å². The van der Waals surface area contributed by atoms with Gasteiger partial charge in [-0.25, -0.2) is 4.39 Å². The lowest BCUT2D eigenvalue weighted by Crippen LogP contribution is -2.37. The molecule has 6 heteroatoms. The van der Waals surface area contributed by atoms with Crippen molar-refractivity contribution in [2.24, 2.45) is 4.99 Å². The fraction of sp³-hybridized carbons (Fsp3) is 0.250. The lowest BCUT2D eigenvalue weighted by atomic mass is 10.0. The molecule has 0 spiro atoms. The molecule has 0 radical (unpaired) electrons. The third-order valence-electron chi connectivity index (χ3n) is 6.09. The minimum absolute atomic E-state index is 0.141. The first-order valence-electron chi connectivity index (χ1n) is 11.4. The number of hydrogen-bond donors (Lipinski definition) is 2. The van der Waals surface area contributed by atoms with Crippen LogP contribution in [0.15, 0.2) is 66.2 Å². The van der Waals surface area contributed by atoms with E-state index in [1.165, 1.54) is 11.4 Å². The highest BCUT2D eigenvalue weighted by Gasteiger charge is 2.23. The number of hydrogen-bond acceptors (Lipinski definition) is 4. The van der Waals surface area contributed by atoms with Gasteiger partial charge in [-0.2, -0.15) is 0 Å². The summed E-state index contributed by atoms with van der Waals surface area (Å²) >= 11 is 0. The number of halogens is 1. The second kappa shape index (κ2) is 11.4. The van der Waals surface area contributed by atoms with Gasteiger partial charge in [-0.1, -0.05) is 57.8 Å². The van der Waals surface area contributed by atoms with Crippen LogP contribution in [0.25, 0.3) is 17.2 Å². The topological polar surface area (TPSA) is 53.6 Å². The first-order valence-corrected chi connectivity index (χ1v) is 13.6. The quantitative estimate of drug-likeness (QED) is 0.198. The Morgan fingerprint density at radius 2 is 1.85 bits per heavy atom. The number of nitrogen functional groups attached to an aromatic ring is 1. The Balaban J connectivity index is 2.22. The molecule has 0 aromatic heterocycles. The highest BCUT2D eigenvalue weighted by molar-refractivity contribution is 7.64. The molecule has 3 N–H and O–H groups in total. The third-order valence-corrected chi connectivity index (χ3v) is 7.46. The summed E-state index contributed by atoms with van der Waals surface area (Å²) in [5.74, 6) is -0.309. The summed E-state index contributed by atoms with van der Waals surface area (Å²) < 4.78 is 15.3. The zero-order valence-electron chi connectivity index (χ0n) is 20.5. The zero-order chi connectivity index (χ0) is 24.8. The van der Waals surface area contributed by atoms with Crippen LogP contribution in [0.5, 0.6) is 0 Å². The largest absolute Gasteiger partial charge is 0.398 e. The van der Waals surface area contributed by atoms with Crippen molar-refractivity contribution in [3.63, 3.8) is 0 Å². The number of likely N-dealkylation sites (N-methyl/N-ethyl adjacent to an activating group) is 1. The van der Waals surface area contributed by atoms with Crippen molar-refractivity contribution in [1.29, 1.82) is 0 Å². The van der Waals surface area contributed by atoms with Crippen molar-refractivity contribution in [2.45, 2.75) is 19.4 Å². The van der Waals surface area contributed by atoms with E-state index in [0.717, 1.165) is 34.5 Å². The van der Waals surface area contributed by atoms with Crippen LogP contribution in [0.2, 0.25) is 0 Å². The molecule has 3 aromatic carbocycles. The van der Waals surface area contributed by atoms with E-state index in [1.54, 1.807) is 12.1 Å². The number of aliphatic imine (C=N–C) groups is 1. The number of para-hydroxylation sites is 1. The number of benzene rings is 3. The maximum absolute atomic E-state index is 15.3. The van der Waals surface area contributed by atoms with E-state index in [2.05, 4.69) is 56.0 Å². The Labute approximate surface area is 204 Å². The van der Waals surface area contributed by atoms with Gasteiger partial charge in [0.2, 0.25) is 0 Å². The molecule has 1 atom stereocenters. The maximum atomic E-state index is 15.3. The standard InChI is InChI=1S/C28H34FN4P/c1-7-19-10-9-11-23(29)28(19)33(18-22(8-2)31-3)26-17-21(12-14-25(26)32-4)20-13-15-27(34(5)6)24(30)16-20/h7,9-17,22,31H,1,4,8,18,30H2,2-3,5-6H3. The molecule has 0 aliphatic rings. The first kappa shape index (κ1) is 25.6. The van der Waals surface area contributed by atoms with E-state index in [1.807, 2.05) is 42.3 Å². The number of anilines is 3. The van der Waals surface area contributed by atoms with Crippen LogP contribution in [-0.4, -0.2) is 39.7 Å². The Kier molecular flexibility index (Phi) is 8.60. The Morgan fingerprint density at radius 1 is 1.15 bits per heavy atom. The van der Waals surface area contributed by atoms with Gasteiger partial charge in [0.25, 0.3) is 0 Å². The van der Waals surface area contributed by atoms with E-state index in [0.29, 0.717) is 17.9 Å². The van der Waals surface area contributed by atoms with E-state index in [4.69, 9.17) is 5.73 Å². The Bertz CT molecular complexity index is 1170. The van der Waals surface area contributed by atoms with Gasteiger partial charge in [-0.05, 0) is 74.2 Å². The number of nitrogens with one attached hydrogen (secondary N) is 1. The SMILES string of the molecule is C=Cc1cccc(F)c1N(CC(CC)NC)c1cc(-c2ccc(P(C)C)c(N)c2)ccc1N=C. The molecular formula is C28H34FN4P. The summed E-state index contributed by atoms with van der Waals surface area (Å²) in [6.07, 6.45) is 2.57. The van der Waals surface area contributed by atoms with Gasteiger partial charge < -0.3 is 16.0 Å². The van der Waals surface area contributed by atoms with Gasteiger partial charge in [-0.3, -0.25) is 4.99 Å². The number of nitrogens with two attached hydrogens (primary N) is 1. The average molecular weight is 477 g/mol. The monoisotopic (exact) mass is 476 g/mol. The number of nitrogens with zero attached hydrogens (tertiary/aromatic N) is 2. The minimum atomic E-state index is -0.309. The summed E-state index contributed by atoms with van der Waals surface area (Å²) in [5.41, 5.74) is 11.8. The van der Waals surface area contributed by atoms with Crippen LogP contribution in [0.1, 0.15) is 18.9 Å². The van der Waals surface area contributed by atoms with E-state index in [-0.39, 0.29) is 19.8 Å². The van der Waals surface area contributed by atoms with Gasteiger partial charge in [0.1, 0.15) is 5.82 Å². The normalized spacial score (nSPS) is 11.9. The highest BCUT2D eigenvalue weighted by atomic mass is 31.1.